The van der Waals surface area contributed by atoms with Crippen LogP contribution in [0.25, 0.3) is 0 Å². The minimum absolute atomic E-state index is 0.0615. The van der Waals surface area contributed by atoms with Crippen molar-refractivity contribution >= 4 is 57.5 Å². The lowest BCUT2D eigenvalue weighted by Gasteiger charge is -2.02. The Balaban J connectivity index is 1.72. The van der Waals surface area contributed by atoms with E-state index in [9.17, 15) is 4.79 Å². The van der Waals surface area contributed by atoms with Gasteiger partial charge in [0.05, 0.1) is 5.75 Å². The predicted octanol–water partition coefficient (Wildman–Crippen LogP) is 4.81. The fourth-order valence-electron chi connectivity index (χ4n) is 1.60. The molecule has 1 aromatic carbocycles. The number of halogens is 1. The number of amides is 1. The molecule has 0 saturated heterocycles. The molecule has 0 fully saturated rings. The Kier molecular flexibility index (Phi) is 7.69. The lowest BCUT2D eigenvalue weighted by Crippen LogP contribution is -2.13. The van der Waals surface area contributed by atoms with Crippen molar-refractivity contribution in [2.45, 2.75) is 23.9 Å². The number of carbonyl (C=O) groups is 1. The molecule has 2 aromatic rings. The van der Waals surface area contributed by atoms with Crippen molar-refractivity contribution in [1.29, 1.82) is 0 Å². The SMILES string of the molecule is CC(C)CSc1nnc(NC(=O)CSCc2cccc(Cl)c2)s1. The first-order chi connectivity index (χ1) is 11.0. The molecule has 0 bridgehead atoms. The van der Waals surface area contributed by atoms with Gasteiger partial charge < -0.3 is 0 Å². The highest BCUT2D eigenvalue weighted by molar-refractivity contribution is 8.01. The molecule has 1 heterocycles. The highest BCUT2D eigenvalue weighted by Crippen LogP contribution is 2.27. The van der Waals surface area contributed by atoms with Gasteiger partial charge in [0.2, 0.25) is 11.0 Å². The summed E-state index contributed by atoms with van der Waals surface area (Å²) in [5.41, 5.74) is 1.11. The predicted molar refractivity (Wildman–Crippen MR) is 102 cm³/mol. The lowest BCUT2D eigenvalue weighted by molar-refractivity contribution is -0.113. The summed E-state index contributed by atoms with van der Waals surface area (Å²) in [6, 6.07) is 7.66. The average molecular weight is 388 g/mol. The van der Waals surface area contributed by atoms with Gasteiger partial charge in [0.1, 0.15) is 0 Å². The standard InChI is InChI=1S/C15H18ClN3OS3/c1-10(2)7-22-15-19-18-14(23-15)17-13(20)9-21-8-11-4-3-5-12(16)6-11/h3-6,10H,7-9H2,1-2H3,(H,17,18,20). The first-order valence-electron chi connectivity index (χ1n) is 7.11. The van der Waals surface area contributed by atoms with E-state index in [-0.39, 0.29) is 5.91 Å². The molecule has 0 radical (unpaired) electrons. The summed E-state index contributed by atoms with van der Waals surface area (Å²) in [5.74, 6) is 2.66. The smallest absolute Gasteiger partial charge is 0.236 e. The number of thioether (sulfide) groups is 2. The van der Waals surface area contributed by atoms with Gasteiger partial charge in [-0.3, -0.25) is 10.1 Å². The fraction of sp³-hybridized carbons (Fsp3) is 0.400. The summed E-state index contributed by atoms with van der Waals surface area (Å²) in [6.07, 6.45) is 0. The molecule has 1 N–H and O–H groups in total. The summed E-state index contributed by atoms with van der Waals surface area (Å²) in [7, 11) is 0. The van der Waals surface area contributed by atoms with E-state index >= 15 is 0 Å². The summed E-state index contributed by atoms with van der Waals surface area (Å²) in [4.78, 5) is 11.9. The maximum Gasteiger partial charge on any atom is 0.236 e. The number of carbonyl (C=O) groups excluding carboxylic acids is 1. The van der Waals surface area contributed by atoms with Gasteiger partial charge in [-0.05, 0) is 23.6 Å². The minimum atomic E-state index is -0.0615. The molecule has 8 heteroatoms. The van der Waals surface area contributed by atoms with E-state index in [0.717, 1.165) is 21.4 Å². The third-order valence-corrected chi connectivity index (χ3v) is 6.22. The van der Waals surface area contributed by atoms with Crippen LogP contribution in [-0.2, 0) is 10.5 Å². The third-order valence-electron chi connectivity index (χ3n) is 2.58. The molecule has 0 saturated carbocycles. The second kappa shape index (κ2) is 9.52. The number of aromatic nitrogens is 2. The fourth-order valence-corrected chi connectivity index (χ4v) is 4.33. The van der Waals surface area contributed by atoms with Gasteiger partial charge in [-0.15, -0.1) is 22.0 Å². The number of anilines is 1. The Hall–Kier alpha value is -0.760. The van der Waals surface area contributed by atoms with Crippen LogP contribution in [0.1, 0.15) is 19.4 Å². The summed E-state index contributed by atoms with van der Waals surface area (Å²) < 4.78 is 0.889. The highest BCUT2D eigenvalue weighted by Gasteiger charge is 2.09. The van der Waals surface area contributed by atoms with Crippen molar-refractivity contribution in [2.24, 2.45) is 5.92 Å². The molecule has 4 nitrogen and oxygen atoms in total. The Morgan fingerprint density at radius 2 is 2.22 bits per heavy atom. The maximum atomic E-state index is 11.9. The minimum Gasteiger partial charge on any atom is -0.300 e. The van der Waals surface area contributed by atoms with Crippen molar-refractivity contribution in [3.63, 3.8) is 0 Å². The number of rotatable bonds is 8. The van der Waals surface area contributed by atoms with Crippen LogP contribution in [0.15, 0.2) is 28.6 Å². The van der Waals surface area contributed by atoms with Gasteiger partial charge in [0.15, 0.2) is 4.34 Å². The molecule has 0 atom stereocenters. The third kappa shape index (κ3) is 7.12. The first kappa shape index (κ1) is 18.6. The van der Waals surface area contributed by atoms with E-state index in [4.69, 9.17) is 11.6 Å². The average Bonchev–Trinajstić information content (AvgIpc) is 2.92. The quantitative estimate of drug-likeness (QED) is 0.520. The molecule has 124 valence electrons. The Bertz CT molecular complexity index is 648. The van der Waals surface area contributed by atoms with Gasteiger partial charge in [0.25, 0.3) is 0 Å². The van der Waals surface area contributed by atoms with Gasteiger partial charge in [-0.2, -0.15) is 0 Å². The molecular weight excluding hydrogens is 370 g/mol. The molecule has 1 amide bonds. The van der Waals surface area contributed by atoms with Crippen LogP contribution < -0.4 is 5.32 Å². The molecule has 23 heavy (non-hydrogen) atoms. The van der Waals surface area contributed by atoms with E-state index in [1.807, 2.05) is 24.3 Å². The van der Waals surface area contributed by atoms with Crippen molar-refractivity contribution in [1.82, 2.24) is 10.2 Å². The number of benzene rings is 1. The largest absolute Gasteiger partial charge is 0.300 e. The topological polar surface area (TPSA) is 54.9 Å². The summed E-state index contributed by atoms with van der Waals surface area (Å²) >= 11 is 10.6. The van der Waals surface area contributed by atoms with E-state index < -0.39 is 0 Å². The molecule has 0 aliphatic carbocycles. The van der Waals surface area contributed by atoms with Crippen LogP contribution in [0.5, 0.6) is 0 Å². The highest BCUT2D eigenvalue weighted by atomic mass is 35.5. The second-order valence-electron chi connectivity index (χ2n) is 5.25. The summed E-state index contributed by atoms with van der Waals surface area (Å²) in [5, 5.41) is 12.1. The number of nitrogens with zero attached hydrogens (tertiary/aromatic N) is 2. The zero-order valence-electron chi connectivity index (χ0n) is 12.9. The molecule has 0 aliphatic heterocycles. The molecule has 0 spiro atoms. The van der Waals surface area contributed by atoms with Crippen molar-refractivity contribution < 1.29 is 4.79 Å². The van der Waals surface area contributed by atoms with Gasteiger partial charge in [-0.25, -0.2) is 0 Å². The van der Waals surface area contributed by atoms with Crippen molar-refractivity contribution in [3.8, 4) is 0 Å². The first-order valence-corrected chi connectivity index (χ1v) is 10.4. The van der Waals surface area contributed by atoms with Crippen LogP contribution in [-0.4, -0.2) is 27.6 Å². The van der Waals surface area contributed by atoms with Crippen LogP contribution in [0.3, 0.4) is 0 Å². The number of hydrogen-bond acceptors (Lipinski definition) is 6. The van der Waals surface area contributed by atoms with E-state index in [1.54, 1.807) is 23.5 Å². The van der Waals surface area contributed by atoms with E-state index in [2.05, 4.69) is 29.4 Å². The van der Waals surface area contributed by atoms with E-state index in [1.165, 1.54) is 11.3 Å². The molecular formula is C15H18ClN3OS3. The van der Waals surface area contributed by atoms with Crippen molar-refractivity contribution in [2.75, 3.05) is 16.8 Å². The number of nitrogens with one attached hydrogen (secondary N) is 1. The van der Waals surface area contributed by atoms with Crippen LogP contribution >= 0.6 is 46.5 Å². The van der Waals surface area contributed by atoms with Gasteiger partial charge in [-0.1, -0.05) is 60.7 Å². The summed E-state index contributed by atoms with van der Waals surface area (Å²) in [6.45, 7) is 4.32. The number of hydrogen-bond donors (Lipinski definition) is 1. The zero-order valence-corrected chi connectivity index (χ0v) is 16.1. The van der Waals surface area contributed by atoms with Gasteiger partial charge in [0, 0.05) is 16.5 Å². The monoisotopic (exact) mass is 387 g/mol. The van der Waals surface area contributed by atoms with Gasteiger partial charge >= 0.3 is 0 Å². The normalized spacial score (nSPS) is 11.0. The molecule has 2 rings (SSSR count). The Morgan fingerprint density at radius 1 is 1.39 bits per heavy atom. The second-order valence-corrected chi connectivity index (χ2v) is 8.92. The Morgan fingerprint density at radius 3 is 2.96 bits per heavy atom. The molecule has 0 aliphatic rings. The maximum absolute atomic E-state index is 11.9. The lowest BCUT2D eigenvalue weighted by atomic mass is 10.2. The van der Waals surface area contributed by atoms with E-state index in [0.29, 0.717) is 21.8 Å². The zero-order chi connectivity index (χ0) is 16.7. The van der Waals surface area contributed by atoms with Crippen molar-refractivity contribution in [3.05, 3.63) is 34.9 Å². The molecule has 0 unspecified atom stereocenters. The van der Waals surface area contributed by atoms with Crippen LogP contribution in [0.4, 0.5) is 5.13 Å². The molecule has 1 aromatic heterocycles. The van der Waals surface area contributed by atoms with Crippen LogP contribution in [0, 0.1) is 5.92 Å². The van der Waals surface area contributed by atoms with Crippen LogP contribution in [0.2, 0.25) is 5.02 Å². The Labute approximate surface area is 153 Å².